The summed E-state index contributed by atoms with van der Waals surface area (Å²) >= 11 is 6.00. The van der Waals surface area contributed by atoms with Crippen LogP contribution in [0.3, 0.4) is 0 Å². The molecule has 32 heavy (non-hydrogen) atoms. The third kappa shape index (κ3) is 3.91. The summed E-state index contributed by atoms with van der Waals surface area (Å²) in [6.07, 6.45) is 8.43. The van der Waals surface area contributed by atoms with Crippen LogP contribution in [0.15, 0.2) is 42.9 Å². The fraction of sp³-hybridized carbons (Fsp3) is 0.318. The molecule has 0 radical (unpaired) electrons. The summed E-state index contributed by atoms with van der Waals surface area (Å²) < 4.78 is 2.98. The number of benzene rings is 1. The minimum absolute atomic E-state index is 0.0121. The number of aromatic carboxylic acids is 1. The summed E-state index contributed by atoms with van der Waals surface area (Å²) in [5, 5.41) is 28.8. The van der Waals surface area contributed by atoms with Crippen LogP contribution in [0.25, 0.3) is 17.0 Å². The molecule has 0 atom stereocenters. The Morgan fingerprint density at radius 2 is 1.81 bits per heavy atom. The number of aromatic hydroxyl groups is 1. The monoisotopic (exact) mass is 452 g/mol. The van der Waals surface area contributed by atoms with E-state index in [4.69, 9.17) is 16.7 Å². The normalized spacial score (nSPS) is 18.8. The smallest absolute Gasteiger partial charge is 0.338 e. The van der Waals surface area contributed by atoms with E-state index in [-0.39, 0.29) is 17.4 Å². The van der Waals surface area contributed by atoms with Gasteiger partial charge in [-0.15, -0.1) is 0 Å². The van der Waals surface area contributed by atoms with Crippen molar-refractivity contribution in [3.63, 3.8) is 0 Å². The maximum absolute atomic E-state index is 11.1. The molecule has 10 heteroatoms. The van der Waals surface area contributed by atoms with Crippen LogP contribution in [0.5, 0.6) is 5.88 Å². The van der Waals surface area contributed by atoms with Gasteiger partial charge in [0, 0.05) is 17.8 Å². The van der Waals surface area contributed by atoms with Gasteiger partial charge in [0.1, 0.15) is 11.0 Å². The Kier molecular flexibility index (Phi) is 5.26. The number of hydrogen-bond acceptors (Lipinski definition) is 6. The lowest BCUT2D eigenvalue weighted by Crippen LogP contribution is -2.19. The average molecular weight is 453 g/mol. The van der Waals surface area contributed by atoms with E-state index in [0.717, 1.165) is 30.7 Å². The van der Waals surface area contributed by atoms with Crippen molar-refractivity contribution >= 4 is 28.6 Å². The van der Waals surface area contributed by atoms with Crippen molar-refractivity contribution in [1.82, 2.24) is 29.5 Å². The van der Waals surface area contributed by atoms with Crippen LogP contribution in [-0.2, 0) is 6.54 Å². The van der Waals surface area contributed by atoms with Gasteiger partial charge in [0.2, 0.25) is 5.88 Å². The summed E-state index contributed by atoms with van der Waals surface area (Å²) in [6.45, 7) is 0.679. The van der Waals surface area contributed by atoms with Gasteiger partial charge in [-0.3, -0.25) is 4.68 Å². The maximum Gasteiger partial charge on any atom is 0.338 e. The highest BCUT2D eigenvalue weighted by atomic mass is 35.5. The van der Waals surface area contributed by atoms with E-state index in [1.807, 2.05) is 12.1 Å². The second-order valence-electron chi connectivity index (χ2n) is 8.16. The van der Waals surface area contributed by atoms with Gasteiger partial charge in [-0.1, -0.05) is 23.7 Å². The highest BCUT2D eigenvalue weighted by Crippen LogP contribution is 2.37. The van der Waals surface area contributed by atoms with Crippen molar-refractivity contribution < 1.29 is 15.0 Å². The molecule has 0 unspecified atom stereocenters. The van der Waals surface area contributed by atoms with Crippen LogP contribution >= 0.6 is 11.6 Å². The second kappa shape index (κ2) is 8.23. The molecule has 1 saturated carbocycles. The van der Waals surface area contributed by atoms with E-state index in [1.54, 1.807) is 10.9 Å². The molecule has 3 heterocycles. The molecule has 0 bridgehead atoms. The van der Waals surface area contributed by atoms with Gasteiger partial charge in [-0.05, 0) is 55.2 Å². The second-order valence-corrected chi connectivity index (χ2v) is 8.59. The summed E-state index contributed by atoms with van der Waals surface area (Å²) in [7, 11) is 0. The number of aromatic nitrogens is 6. The topological polar surface area (TPSA) is 119 Å². The lowest BCUT2D eigenvalue weighted by atomic mass is 9.79. The molecule has 3 aromatic heterocycles. The number of carboxylic acid groups (broad SMARTS) is 1. The standard InChI is InChI=1S/C22H21ClN6O3/c23-17-7-5-15(6-8-17)14-3-1-13(2-4-14)11-28-19-18(10-25-28)26-22(27-20(19)30)29-12-16(9-24-29)21(31)32/h5-10,12-14H,1-4,11H2,(H,31,32)(H,26,27,30)/t13-,14-. The Balaban J connectivity index is 1.31. The van der Waals surface area contributed by atoms with Crippen molar-refractivity contribution in [1.29, 1.82) is 0 Å². The van der Waals surface area contributed by atoms with E-state index >= 15 is 0 Å². The first-order valence-electron chi connectivity index (χ1n) is 10.4. The number of hydrogen-bond donors (Lipinski definition) is 2. The number of carbonyl (C=O) groups is 1. The van der Waals surface area contributed by atoms with Gasteiger partial charge < -0.3 is 10.2 Å². The molecular formula is C22H21ClN6O3. The molecule has 0 spiro atoms. The SMILES string of the molecule is O=C(O)c1cnn(-c2nc(O)c3c(cnn3C[C@H]3CC[C@H](c4ccc(Cl)cc4)CC3)n2)c1. The number of rotatable bonds is 5. The van der Waals surface area contributed by atoms with Crippen LogP contribution < -0.4 is 0 Å². The zero-order valence-electron chi connectivity index (χ0n) is 17.1. The van der Waals surface area contributed by atoms with Gasteiger partial charge in [0.15, 0.2) is 0 Å². The minimum Gasteiger partial charge on any atom is -0.492 e. The number of nitrogens with zero attached hydrogens (tertiary/aromatic N) is 6. The van der Waals surface area contributed by atoms with Crippen molar-refractivity contribution in [2.24, 2.45) is 5.92 Å². The Morgan fingerprint density at radius 3 is 2.50 bits per heavy atom. The first-order chi connectivity index (χ1) is 15.5. The largest absolute Gasteiger partial charge is 0.492 e. The molecule has 1 aromatic carbocycles. The Labute approximate surface area is 188 Å². The predicted molar refractivity (Wildman–Crippen MR) is 117 cm³/mol. The summed E-state index contributed by atoms with van der Waals surface area (Å²) in [4.78, 5) is 19.6. The molecule has 1 aliphatic carbocycles. The van der Waals surface area contributed by atoms with E-state index < -0.39 is 5.97 Å². The minimum atomic E-state index is -1.10. The van der Waals surface area contributed by atoms with E-state index in [1.165, 1.54) is 22.6 Å². The Hall–Kier alpha value is -3.46. The lowest BCUT2D eigenvalue weighted by Gasteiger charge is -2.29. The van der Waals surface area contributed by atoms with Crippen LogP contribution in [0, 0.1) is 5.92 Å². The summed E-state index contributed by atoms with van der Waals surface area (Å²) in [6, 6.07) is 8.11. The Bertz CT molecular complexity index is 1270. The molecule has 1 aliphatic rings. The molecule has 0 amide bonds. The molecule has 5 rings (SSSR count). The maximum atomic E-state index is 11.1. The number of halogens is 1. The fourth-order valence-electron chi connectivity index (χ4n) is 4.41. The first-order valence-corrected chi connectivity index (χ1v) is 10.8. The lowest BCUT2D eigenvalue weighted by molar-refractivity contribution is 0.0697. The molecule has 9 nitrogen and oxygen atoms in total. The molecular weight excluding hydrogens is 432 g/mol. The van der Waals surface area contributed by atoms with Gasteiger partial charge in [0.05, 0.1) is 18.0 Å². The van der Waals surface area contributed by atoms with Crippen molar-refractivity contribution in [3.05, 3.63) is 59.0 Å². The third-order valence-corrected chi connectivity index (χ3v) is 6.36. The third-order valence-electron chi connectivity index (χ3n) is 6.11. The van der Waals surface area contributed by atoms with E-state index in [0.29, 0.717) is 29.4 Å². The van der Waals surface area contributed by atoms with Crippen LogP contribution in [0.2, 0.25) is 5.02 Å². The average Bonchev–Trinajstić information content (AvgIpc) is 3.43. The predicted octanol–water partition coefficient (Wildman–Crippen LogP) is 4.04. The number of carboxylic acids is 1. The first kappa shape index (κ1) is 20.4. The quantitative estimate of drug-likeness (QED) is 0.468. The Morgan fingerprint density at radius 1 is 1.06 bits per heavy atom. The number of fused-ring (bicyclic) bond motifs is 1. The van der Waals surface area contributed by atoms with Crippen LogP contribution in [-0.4, -0.2) is 45.7 Å². The van der Waals surface area contributed by atoms with Gasteiger partial charge in [0.25, 0.3) is 5.95 Å². The summed E-state index contributed by atoms with van der Waals surface area (Å²) in [5.74, 6) is -0.220. The van der Waals surface area contributed by atoms with Crippen LogP contribution in [0.4, 0.5) is 0 Å². The highest BCUT2D eigenvalue weighted by molar-refractivity contribution is 6.30. The highest BCUT2D eigenvalue weighted by Gasteiger charge is 2.24. The molecule has 0 aliphatic heterocycles. The zero-order chi connectivity index (χ0) is 22.2. The van der Waals surface area contributed by atoms with Crippen LogP contribution in [0.1, 0.15) is 47.5 Å². The molecule has 164 valence electrons. The zero-order valence-corrected chi connectivity index (χ0v) is 17.9. The van der Waals surface area contributed by atoms with Crippen molar-refractivity contribution in [2.45, 2.75) is 38.1 Å². The molecule has 2 N–H and O–H groups in total. The molecule has 1 fully saturated rings. The summed E-state index contributed by atoms with van der Waals surface area (Å²) in [5.41, 5.74) is 2.30. The van der Waals surface area contributed by atoms with E-state index in [2.05, 4.69) is 32.3 Å². The molecule has 4 aromatic rings. The van der Waals surface area contributed by atoms with Gasteiger partial charge in [-0.2, -0.15) is 15.2 Å². The van der Waals surface area contributed by atoms with Crippen molar-refractivity contribution in [3.8, 4) is 11.8 Å². The van der Waals surface area contributed by atoms with Gasteiger partial charge in [-0.25, -0.2) is 14.5 Å². The molecule has 0 saturated heterocycles. The van der Waals surface area contributed by atoms with Gasteiger partial charge >= 0.3 is 5.97 Å². The van der Waals surface area contributed by atoms with E-state index in [9.17, 15) is 9.90 Å². The fourth-order valence-corrected chi connectivity index (χ4v) is 4.54. The van der Waals surface area contributed by atoms with Crippen molar-refractivity contribution in [2.75, 3.05) is 0 Å².